The lowest BCUT2D eigenvalue weighted by atomic mass is 9.83. The summed E-state index contributed by atoms with van der Waals surface area (Å²) in [6, 6.07) is 4.86. The van der Waals surface area contributed by atoms with Crippen LogP contribution in [-0.2, 0) is 11.2 Å². The zero-order valence-corrected chi connectivity index (χ0v) is 12.7. The zero-order valence-electron chi connectivity index (χ0n) is 11.2. The van der Waals surface area contributed by atoms with Gasteiger partial charge in [0.25, 0.3) is 0 Å². The molecule has 2 nitrogen and oxygen atoms in total. The van der Waals surface area contributed by atoms with E-state index in [4.69, 9.17) is 4.74 Å². The monoisotopic (exact) mass is 330 g/mol. The molecule has 0 bridgehead atoms. The number of benzene rings is 1. The lowest BCUT2D eigenvalue weighted by molar-refractivity contribution is -0.105. The molecule has 1 saturated heterocycles. The van der Waals surface area contributed by atoms with Crippen molar-refractivity contribution in [3.63, 3.8) is 0 Å². The molecule has 106 valence electrons. The normalized spacial score (nSPS) is 27.5. The fourth-order valence-corrected chi connectivity index (χ4v) is 3.11. The van der Waals surface area contributed by atoms with Crippen molar-refractivity contribution in [1.29, 1.82) is 0 Å². The van der Waals surface area contributed by atoms with E-state index in [0.717, 1.165) is 17.3 Å². The lowest BCUT2D eigenvalue weighted by Crippen LogP contribution is -2.42. The van der Waals surface area contributed by atoms with E-state index in [0.29, 0.717) is 31.4 Å². The summed E-state index contributed by atoms with van der Waals surface area (Å²) in [4.78, 5) is 0. The van der Waals surface area contributed by atoms with Crippen LogP contribution in [0.1, 0.15) is 38.2 Å². The lowest BCUT2D eigenvalue weighted by Gasteiger charge is -2.37. The van der Waals surface area contributed by atoms with Gasteiger partial charge in [-0.25, -0.2) is 4.39 Å². The van der Waals surface area contributed by atoms with Crippen LogP contribution in [0.5, 0.6) is 0 Å². The zero-order chi connectivity index (χ0) is 13.9. The highest BCUT2D eigenvalue weighted by atomic mass is 79.9. The molecule has 2 atom stereocenters. The molecule has 0 amide bonds. The maximum absolute atomic E-state index is 13.8. The first-order chi connectivity index (χ1) is 9.02. The van der Waals surface area contributed by atoms with E-state index in [1.165, 1.54) is 6.07 Å². The molecular weight excluding hydrogens is 311 g/mol. The van der Waals surface area contributed by atoms with E-state index in [9.17, 15) is 9.50 Å². The van der Waals surface area contributed by atoms with Crippen LogP contribution in [0.2, 0.25) is 0 Å². The SMILES string of the molecule is CCCC1CC(O)(Cc2cc(Br)ccc2F)CCO1. The summed E-state index contributed by atoms with van der Waals surface area (Å²) < 4.78 is 20.3. The van der Waals surface area contributed by atoms with Gasteiger partial charge in [-0.15, -0.1) is 0 Å². The Kier molecular flexibility index (Phi) is 4.98. The van der Waals surface area contributed by atoms with Crippen molar-refractivity contribution in [1.82, 2.24) is 0 Å². The van der Waals surface area contributed by atoms with Crippen LogP contribution in [-0.4, -0.2) is 23.4 Å². The summed E-state index contributed by atoms with van der Waals surface area (Å²) in [5.74, 6) is -0.254. The molecule has 1 fully saturated rings. The Labute approximate surface area is 122 Å². The molecule has 1 heterocycles. The molecule has 4 heteroatoms. The highest BCUT2D eigenvalue weighted by Gasteiger charge is 2.35. The van der Waals surface area contributed by atoms with Crippen molar-refractivity contribution < 1.29 is 14.2 Å². The van der Waals surface area contributed by atoms with Gasteiger partial charge in [0.1, 0.15) is 5.82 Å². The highest BCUT2D eigenvalue weighted by Crippen LogP contribution is 2.31. The predicted molar refractivity (Wildman–Crippen MR) is 76.6 cm³/mol. The van der Waals surface area contributed by atoms with Gasteiger partial charge in [0.2, 0.25) is 0 Å². The molecule has 1 aliphatic heterocycles. The van der Waals surface area contributed by atoms with Gasteiger partial charge in [0.15, 0.2) is 0 Å². The van der Waals surface area contributed by atoms with Crippen molar-refractivity contribution in [2.24, 2.45) is 0 Å². The third kappa shape index (κ3) is 4.01. The quantitative estimate of drug-likeness (QED) is 0.908. The van der Waals surface area contributed by atoms with Crippen molar-refractivity contribution in [3.8, 4) is 0 Å². The van der Waals surface area contributed by atoms with E-state index < -0.39 is 5.60 Å². The topological polar surface area (TPSA) is 29.5 Å². The highest BCUT2D eigenvalue weighted by molar-refractivity contribution is 9.10. The van der Waals surface area contributed by atoms with Gasteiger partial charge in [-0.05, 0) is 36.6 Å². The molecule has 0 aliphatic carbocycles. The molecule has 0 radical (unpaired) electrons. The van der Waals surface area contributed by atoms with Crippen LogP contribution in [0.3, 0.4) is 0 Å². The van der Waals surface area contributed by atoms with Crippen molar-refractivity contribution in [2.45, 2.75) is 50.7 Å². The minimum Gasteiger partial charge on any atom is -0.389 e. The molecule has 1 N–H and O–H groups in total. The summed E-state index contributed by atoms with van der Waals surface area (Å²) in [6.45, 7) is 2.65. The maximum atomic E-state index is 13.8. The van der Waals surface area contributed by atoms with Gasteiger partial charge in [-0.3, -0.25) is 0 Å². The maximum Gasteiger partial charge on any atom is 0.126 e. The van der Waals surface area contributed by atoms with E-state index in [1.54, 1.807) is 12.1 Å². The number of hydrogen-bond donors (Lipinski definition) is 1. The summed E-state index contributed by atoms with van der Waals surface area (Å²) in [5, 5.41) is 10.7. The standard InChI is InChI=1S/C15H20BrFO2/c1-2-3-13-10-15(18,6-7-19-13)9-11-8-12(16)4-5-14(11)17/h4-5,8,13,18H,2-3,6-7,9-10H2,1H3. The summed E-state index contributed by atoms with van der Waals surface area (Å²) in [7, 11) is 0. The van der Waals surface area contributed by atoms with E-state index >= 15 is 0 Å². The molecule has 19 heavy (non-hydrogen) atoms. The first-order valence-electron chi connectivity index (χ1n) is 6.80. The third-order valence-corrected chi connectivity index (χ3v) is 4.16. The molecular formula is C15H20BrFO2. The smallest absolute Gasteiger partial charge is 0.126 e. The first kappa shape index (κ1) is 14.9. The largest absolute Gasteiger partial charge is 0.389 e. The number of aliphatic hydroxyl groups is 1. The Morgan fingerprint density at radius 3 is 3.05 bits per heavy atom. The van der Waals surface area contributed by atoms with Crippen molar-refractivity contribution in [2.75, 3.05) is 6.61 Å². The van der Waals surface area contributed by atoms with Gasteiger partial charge in [-0.2, -0.15) is 0 Å². The molecule has 2 unspecified atom stereocenters. The van der Waals surface area contributed by atoms with Crippen molar-refractivity contribution in [3.05, 3.63) is 34.1 Å². The number of ether oxygens (including phenoxy) is 1. The fourth-order valence-electron chi connectivity index (χ4n) is 2.70. The molecule has 1 aromatic rings. The number of hydrogen-bond acceptors (Lipinski definition) is 2. The van der Waals surface area contributed by atoms with Gasteiger partial charge in [0, 0.05) is 23.9 Å². The molecule has 0 spiro atoms. The second kappa shape index (κ2) is 6.33. The third-order valence-electron chi connectivity index (χ3n) is 3.67. The second-order valence-electron chi connectivity index (χ2n) is 5.37. The Morgan fingerprint density at radius 1 is 1.53 bits per heavy atom. The Bertz CT molecular complexity index is 436. The van der Waals surface area contributed by atoms with E-state index in [2.05, 4.69) is 22.9 Å². The van der Waals surface area contributed by atoms with Crippen LogP contribution >= 0.6 is 15.9 Å². The van der Waals surface area contributed by atoms with E-state index in [1.807, 2.05) is 0 Å². The molecule has 0 aromatic heterocycles. The van der Waals surface area contributed by atoms with Crippen LogP contribution in [0.25, 0.3) is 0 Å². The number of rotatable bonds is 4. The number of halogens is 2. The molecule has 0 saturated carbocycles. The second-order valence-corrected chi connectivity index (χ2v) is 6.29. The Balaban J connectivity index is 2.09. The van der Waals surface area contributed by atoms with Crippen molar-refractivity contribution >= 4 is 15.9 Å². The molecule has 2 rings (SSSR count). The van der Waals surface area contributed by atoms with Gasteiger partial charge >= 0.3 is 0 Å². The van der Waals surface area contributed by atoms with Crippen LogP contribution < -0.4 is 0 Å². The van der Waals surface area contributed by atoms with E-state index in [-0.39, 0.29) is 11.9 Å². The van der Waals surface area contributed by atoms with Crippen LogP contribution in [0.4, 0.5) is 4.39 Å². The van der Waals surface area contributed by atoms with Crippen LogP contribution in [0, 0.1) is 5.82 Å². The Morgan fingerprint density at radius 2 is 2.32 bits per heavy atom. The van der Waals surface area contributed by atoms with Crippen LogP contribution in [0.15, 0.2) is 22.7 Å². The van der Waals surface area contributed by atoms with Gasteiger partial charge < -0.3 is 9.84 Å². The summed E-state index contributed by atoms with van der Waals surface area (Å²) in [5.41, 5.74) is -0.284. The minimum absolute atomic E-state index is 0.0963. The van der Waals surface area contributed by atoms with Gasteiger partial charge in [0.05, 0.1) is 11.7 Å². The fraction of sp³-hybridized carbons (Fsp3) is 0.600. The summed E-state index contributed by atoms with van der Waals surface area (Å²) in [6.07, 6.45) is 3.59. The predicted octanol–water partition coefficient (Wildman–Crippen LogP) is 3.84. The molecule has 1 aliphatic rings. The molecule has 1 aromatic carbocycles. The minimum atomic E-state index is -0.848. The average Bonchev–Trinajstić information content (AvgIpc) is 2.34. The summed E-state index contributed by atoms with van der Waals surface area (Å²) >= 11 is 3.34. The van der Waals surface area contributed by atoms with Gasteiger partial charge in [-0.1, -0.05) is 29.3 Å². The Hall–Kier alpha value is -0.450. The average molecular weight is 331 g/mol. The first-order valence-corrected chi connectivity index (χ1v) is 7.59.